The van der Waals surface area contributed by atoms with Gasteiger partial charge < -0.3 is 9.88 Å². The van der Waals surface area contributed by atoms with Gasteiger partial charge in [0.25, 0.3) is 0 Å². The zero-order valence-corrected chi connectivity index (χ0v) is 14.3. The molecule has 1 heterocycles. The minimum Gasteiger partial charge on any atom is -0.331 e. The molecule has 108 valence electrons. The van der Waals surface area contributed by atoms with E-state index in [4.69, 9.17) is 4.98 Å². The molecular formula is C17H18IN3. The Labute approximate surface area is 138 Å². The minimum absolute atomic E-state index is 0.275. The molecule has 2 aromatic carbocycles. The van der Waals surface area contributed by atoms with E-state index in [0.29, 0.717) is 0 Å². The van der Waals surface area contributed by atoms with Crippen molar-refractivity contribution in [1.82, 2.24) is 14.9 Å². The van der Waals surface area contributed by atoms with Crippen molar-refractivity contribution in [2.75, 3.05) is 7.05 Å². The topological polar surface area (TPSA) is 29.9 Å². The first-order valence-electron chi connectivity index (χ1n) is 7.02. The van der Waals surface area contributed by atoms with E-state index in [9.17, 15) is 0 Å². The van der Waals surface area contributed by atoms with E-state index < -0.39 is 0 Å². The van der Waals surface area contributed by atoms with Gasteiger partial charge in [-0.05, 0) is 59.5 Å². The summed E-state index contributed by atoms with van der Waals surface area (Å²) < 4.78 is 3.45. The summed E-state index contributed by atoms with van der Waals surface area (Å²) in [6.45, 7) is 0. The van der Waals surface area contributed by atoms with Crippen molar-refractivity contribution in [3.8, 4) is 0 Å². The lowest BCUT2D eigenvalue weighted by atomic mass is 10.0. The van der Waals surface area contributed by atoms with Gasteiger partial charge in [0.15, 0.2) is 0 Å². The number of rotatable bonds is 4. The number of para-hydroxylation sites is 2. The lowest BCUT2D eigenvalue weighted by molar-refractivity contribution is 0.566. The molecule has 0 radical (unpaired) electrons. The van der Waals surface area contributed by atoms with Gasteiger partial charge in [0.1, 0.15) is 5.82 Å². The highest BCUT2D eigenvalue weighted by Gasteiger charge is 2.14. The average molecular weight is 391 g/mol. The molecule has 0 fully saturated rings. The van der Waals surface area contributed by atoms with Gasteiger partial charge in [-0.2, -0.15) is 0 Å². The molecule has 3 rings (SSSR count). The van der Waals surface area contributed by atoms with Crippen LogP contribution in [-0.2, 0) is 13.5 Å². The molecule has 1 atom stereocenters. The van der Waals surface area contributed by atoms with Crippen LogP contribution in [0, 0.1) is 3.57 Å². The van der Waals surface area contributed by atoms with Crippen LogP contribution >= 0.6 is 22.6 Å². The normalized spacial score (nSPS) is 12.7. The van der Waals surface area contributed by atoms with Gasteiger partial charge in [-0.25, -0.2) is 4.98 Å². The average Bonchev–Trinajstić information content (AvgIpc) is 2.83. The Kier molecular flexibility index (Phi) is 4.26. The Morgan fingerprint density at radius 1 is 1.14 bits per heavy atom. The molecule has 3 nitrogen and oxygen atoms in total. The van der Waals surface area contributed by atoms with Crippen LogP contribution in [0.3, 0.4) is 0 Å². The van der Waals surface area contributed by atoms with Crippen molar-refractivity contribution >= 4 is 33.6 Å². The summed E-state index contributed by atoms with van der Waals surface area (Å²) in [7, 11) is 4.09. The number of benzene rings is 2. The van der Waals surface area contributed by atoms with Crippen molar-refractivity contribution in [1.29, 1.82) is 0 Å². The van der Waals surface area contributed by atoms with Crippen molar-refractivity contribution in [3.05, 3.63) is 63.5 Å². The molecule has 1 N–H and O–H groups in total. The second-order valence-corrected chi connectivity index (χ2v) is 6.42. The Morgan fingerprint density at radius 2 is 1.86 bits per heavy atom. The fourth-order valence-electron chi connectivity index (χ4n) is 2.64. The van der Waals surface area contributed by atoms with E-state index in [1.54, 1.807) is 0 Å². The van der Waals surface area contributed by atoms with Crippen LogP contribution in [0.1, 0.15) is 17.4 Å². The molecule has 3 aromatic rings. The summed E-state index contributed by atoms with van der Waals surface area (Å²) in [5.41, 5.74) is 3.54. The maximum Gasteiger partial charge on any atom is 0.111 e. The lowest BCUT2D eigenvalue weighted by Crippen LogP contribution is -2.20. The number of fused-ring (bicyclic) bond motifs is 1. The molecule has 1 aromatic heterocycles. The van der Waals surface area contributed by atoms with E-state index >= 15 is 0 Å². The number of nitrogens with one attached hydrogen (secondary N) is 1. The summed E-state index contributed by atoms with van der Waals surface area (Å²) >= 11 is 2.33. The van der Waals surface area contributed by atoms with Crippen LogP contribution in [0.4, 0.5) is 0 Å². The van der Waals surface area contributed by atoms with Crippen LogP contribution in [0.5, 0.6) is 0 Å². The summed E-state index contributed by atoms with van der Waals surface area (Å²) in [4.78, 5) is 4.76. The second-order valence-electron chi connectivity index (χ2n) is 5.17. The largest absolute Gasteiger partial charge is 0.331 e. The van der Waals surface area contributed by atoms with Gasteiger partial charge >= 0.3 is 0 Å². The van der Waals surface area contributed by atoms with Gasteiger partial charge in [0, 0.05) is 23.1 Å². The highest BCUT2D eigenvalue weighted by molar-refractivity contribution is 14.1. The highest BCUT2D eigenvalue weighted by atomic mass is 127. The number of nitrogens with zero attached hydrogens (tertiary/aromatic N) is 2. The summed E-state index contributed by atoms with van der Waals surface area (Å²) in [5.74, 6) is 1.11. The monoisotopic (exact) mass is 391 g/mol. The smallest absolute Gasteiger partial charge is 0.111 e. The first-order chi connectivity index (χ1) is 10.2. The molecule has 0 spiro atoms. The minimum atomic E-state index is 0.275. The first-order valence-corrected chi connectivity index (χ1v) is 8.10. The molecule has 4 heteroatoms. The molecule has 0 aliphatic carbocycles. The predicted octanol–water partition coefficient (Wildman–Crippen LogP) is 3.68. The number of likely N-dealkylation sites (N-methyl/N-ethyl adjacent to an activating group) is 1. The van der Waals surface area contributed by atoms with Gasteiger partial charge in [0.2, 0.25) is 0 Å². The van der Waals surface area contributed by atoms with Crippen molar-refractivity contribution < 1.29 is 0 Å². The van der Waals surface area contributed by atoms with E-state index in [-0.39, 0.29) is 6.04 Å². The molecule has 21 heavy (non-hydrogen) atoms. The molecule has 1 unspecified atom stereocenters. The van der Waals surface area contributed by atoms with Gasteiger partial charge in [-0.15, -0.1) is 0 Å². The van der Waals surface area contributed by atoms with Gasteiger partial charge in [-0.3, -0.25) is 0 Å². The van der Waals surface area contributed by atoms with E-state index in [1.807, 2.05) is 13.1 Å². The Bertz CT molecular complexity index is 746. The van der Waals surface area contributed by atoms with Crippen molar-refractivity contribution in [2.24, 2.45) is 7.05 Å². The summed E-state index contributed by atoms with van der Waals surface area (Å²) in [6.07, 6.45) is 0.877. The number of hydrogen-bond acceptors (Lipinski definition) is 2. The van der Waals surface area contributed by atoms with Gasteiger partial charge in [-0.1, -0.05) is 24.3 Å². The molecule has 0 bridgehead atoms. The second kappa shape index (κ2) is 6.15. The molecule has 0 saturated carbocycles. The van der Waals surface area contributed by atoms with Crippen LogP contribution in [0.25, 0.3) is 11.0 Å². The predicted molar refractivity (Wildman–Crippen MR) is 95.4 cm³/mol. The fraction of sp³-hybridized carbons (Fsp3) is 0.235. The van der Waals surface area contributed by atoms with Crippen LogP contribution in [0.15, 0.2) is 48.5 Å². The van der Waals surface area contributed by atoms with Crippen LogP contribution in [-0.4, -0.2) is 16.6 Å². The number of hydrogen-bond donors (Lipinski definition) is 1. The lowest BCUT2D eigenvalue weighted by Gasteiger charge is -2.16. The van der Waals surface area contributed by atoms with E-state index in [2.05, 4.69) is 82.0 Å². The number of imidazole rings is 1. The maximum atomic E-state index is 4.76. The third kappa shape index (κ3) is 2.96. The standard InChI is InChI=1S/C17H18IN3/c1-19-15(12-7-9-13(18)10-8-12)11-17-20-14-5-3-4-6-16(14)21(17)2/h3-10,15,19H,11H2,1-2H3. The quantitative estimate of drug-likeness (QED) is 0.688. The molecule has 0 saturated heterocycles. The van der Waals surface area contributed by atoms with E-state index in [0.717, 1.165) is 17.8 Å². The first kappa shape index (κ1) is 14.5. The SMILES string of the molecule is CNC(Cc1nc2ccccc2n1C)c1ccc(I)cc1. The van der Waals surface area contributed by atoms with Crippen molar-refractivity contribution in [2.45, 2.75) is 12.5 Å². The number of halogens is 1. The van der Waals surface area contributed by atoms with Crippen LogP contribution in [0.2, 0.25) is 0 Å². The van der Waals surface area contributed by atoms with Crippen LogP contribution < -0.4 is 5.32 Å². The molecular weight excluding hydrogens is 373 g/mol. The van der Waals surface area contributed by atoms with Gasteiger partial charge in [0.05, 0.1) is 11.0 Å². The highest BCUT2D eigenvalue weighted by Crippen LogP contribution is 2.21. The summed E-state index contributed by atoms with van der Waals surface area (Å²) in [6, 6.07) is 17.2. The Hall–Kier alpha value is -1.40. The zero-order valence-electron chi connectivity index (χ0n) is 12.2. The Balaban J connectivity index is 1.92. The number of aryl methyl sites for hydroxylation is 1. The molecule has 0 aliphatic heterocycles. The van der Waals surface area contributed by atoms with E-state index in [1.165, 1.54) is 14.7 Å². The summed E-state index contributed by atoms with van der Waals surface area (Å²) in [5, 5.41) is 3.40. The molecule has 0 amide bonds. The fourth-order valence-corrected chi connectivity index (χ4v) is 3.00. The van der Waals surface area contributed by atoms with Crippen molar-refractivity contribution in [3.63, 3.8) is 0 Å². The Morgan fingerprint density at radius 3 is 2.52 bits per heavy atom. The molecule has 0 aliphatic rings. The third-order valence-corrected chi connectivity index (χ3v) is 4.61. The third-order valence-electron chi connectivity index (χ3n) is 3.89. The zero-order chi connectivity index (χ0) is 14.8. The number of aromatic nitrogens is 2. The maximum absolute atomic E-state index is 4.76.